The van der Waals surface area contributed by atoms with Crippen molar-refractivity contribution in [3.63, 3.8) is 0 Å². The second-order valence-corrected chi connectivity index (χ2v) is 8.01. The maximum Gasteiger partial charge on any atom is 0.263 e. The molecular formula is C21H21NO3S2. The normalized spacial score (nSPS) is 15.1. The molecule has 3 rings (SSSR count). The smallest absolute Gasteiger partial charge is 0.263 e. The SMILES string of the molecule is Cc1cc(C)cc(OCCCOc2ccc(/C=C3\SC(=S)NC3=O)cc2)c1. The molecule has 1 amide bonds. The molecule has 1 fully saturated rings. The van der Waals surface area contributed by atoms with Gasteiger partial charge in [-0.15, -0.1) is 0 Å². The van der Waals surface area contributed by atoms with Crippen molar-refractivity contribution in [2.24, 2.45) is 0 Å². The Morgan fingerprint density at radius 2 is 1.63 bits per heavy atom. The average molecular weight is 400 g/mol. The van der Waals surface area contributed by atoms with Gasteiger partial charge >= 0.3 is 0 Å². The Morgan fingerprint density at radius 3 is 2.22 bits per heavy atom. The van der Waals surface area contributed by atoms with Crippen molar-refractivity contribution in [3.8, 4) is 11.5 Å². The Bertz CT molecular complexity index is 855. The van der Waals surface area contributed by atoms with Gasteiger partial charge in [-0.25, -0.2) is 0 Å². The highest BCUT2D eigenvalue weighted by Gasteiger charge is 2.21. The van der Waals surface area contributed by atoms with E-state index in [1.807, 2.05) is 42.5 Å². The van der Waals surface area contributed by atoms with E-state index >= 15 is 0 Å². The predicted molar refractivity (Wildman–Crippen MR) is 114 cm³/mol. The lowest BCUT2D eigenvalue weighted by Gasteiger charge is -2.09. The van der Waals surface area contributed by atoms with E-state index in [4.69, 9.17) is 21.7 Å². The van der Waals surface area contributed by atoms with Gasteiger partial charge in [0.1, 0.15) is 15.8 Å². The first-order valence-electron chi connectivity index (χ1n) is 8.68. The fourth-order valence-electron chi connectivity index (χ4n) is 2.69. The summed E-state index contributed by atoms with van der Waals surface area (Å²) in [6.07, 6.45) is 2.62. The van der Waals surface area contributed by atoms with Crippen LogP contribution >= 0.6 is 24.0 Å². The Hall–Kier alpha value is -2.31. The van der Waals surface area contributed by atoms with Gasteiger partial charge in [-0.1, -0.05) is 42.2 Å². The lowest BCUT2D eigenvalue weighted by Crippen LogP contribution is -2.17. The molecule has 2 aromatic rings. The lowest BCUT2D eigenvalue weighted by atomic mass is 10.1. The number of benzene rings is 2. The quantitative estimate of drug-likeness (QED) is 0.418. The van der Waals surface area contributed by atoms with Gasteiger partial charge in [-0.05, 0) is 60.9 Å². The minimum atomic E-state index is -0.144. The van der Waals surface area contributed by atoms with Gasteiger partial charge in [-0.2, -0.15) is 0 Å². The van der Waals surface area contributed by atoms with Crippen LogP contribution in [0.1, 0.15) is 23.1 Å². The molecule has 0 unspecified atom stereocenters. The molecule has 0 bridgehead atoms. The molecule has 2 aromatic carbocycles. The van der Waals surface area contributed by atoms with Crippen LogP contribution in [0.2, 0.25) is 0 Å². The summed E-state index contributed by atoms with van der Waals surface area (Å²) < 4.78 is 12.0. The highest BCUT2D eigenvalue weighted by Crippen LogP contribution is 2.26. The molecule has 6 heteroatoms. The zero-order valence-electron chi connectivity index (χ0n) is 15.3. The Morgan fingerprint density at radius 1 is 1.00 bits per heavy atom. The molecule has 1 saturated heterocycles. The zero-order valence-corrected chi connectivity index (χ0v) is 16.9. The maximum atomic E-state index is 11.7. The van der Waals surface area contributed by atoms with Gasteiger partial charge in [0.05, 0.1) is 18.1 Å². The molecule has 0 aliphatic carbocycles. The summed E-state index contributed by atoms with van der Waals surface area (Å²) >= 11 is 6.26. The van der Waals surface area contributed by atoms with E-state index in [9.17, 15) is 4.79 Å². The van der Waals surface area contributed by atoms with Crippen molar-refractivity contribution in [2.75, 3.05) is 13.2 Å². The van der Waals surface area contributed by atoms with E-state index < -0.39 is 0 Å². The number of aryl methyl sites for hydroxylation is 2. The number of carbonyl (C=O) groups excluding carboxylic acids is 1. The van der Waals surface area contributed by atoms with E-state index in [2.05, 4.69) is 25.2 Å². The fourth-order valence-corrected chi connectivity index (χ4v) is 3.73. The van der Waals surface area contributed by atoms with E-state index in [1.165, 1.54) is 22.9 Å². The molecule has 0 atom stereocenters. The molecule has 0 aromatic heterocycles. The monoisotopic (exact) mass is 399 g/mol. The largest absolute Gasteiger partial charge is 0.493 e. The summed E-state index contributed by atoms with van der Waals surface area (Å²) in [6, 6.07) is 13.8. The summed E-state index contributed by atoms with van der Waals surface area (Å²) in [5.74, 6) is 1.55. The van der Waals surface area contributed by atoms with Crippen LogP contribution in [0.5, 0.6) is 11.5 Å². The van der Waals surface area contributed by atoms with Crippen molar-refractivity contribution in [2.45, 2.75) is 20.3 Å². The summed E-state index contributed by atoms with van der Waals surface area (Å²) in [5.41, 5.74) is 3.33. The number of carbonyl (C=O) groups is 1. The molecule has 1 N–H and O–H groups in total. The van der Waals surface area contributed by atoms with Crippen molar-refractivity contribution in [3.05, 3.63) is 64.1 Å². The zero-order chi connectivity index (χ0) is 19.2. The number of rotatable bonds is 7. The molecule has 1 aliphatic rings. The summed E-state index contributed by atoms with van der Waals surface area (Å²) in [7, 11) is 0. The molecule has 1 aliphatic heterocycles. The number of thiocarbonyl (C=S) groups is 1. The number of ether oxygens (including phenoxy) is 2. The van der Waals surface area contributed by atoms with Crippen molar-refractivity contribution in [1.82, 2.24) is 5.32 Å². The van der Waals surface area contributed by atoms with Gasteiger partial charge in [-0.3, -0.25) is 4.79 Å². The maximum absolute atomic E-state index is 11.7. The minimum Gasteiger partial charge on any atom is -0.493 e. The topological polar surface area (TPSA) is 47.6 Å². The lowest BCUT2D eigenvalue weighted by molar-refractivity contribution is -0.115. The number of thioether (sulfide) groups is 1. The van der Waals surface area contributed by atoms with Gasteiger partial charge in [0, 0.05) is 6.42 Å². The molecule has 140 valence electrons. The first kappa shape index (κ1) is 19.5. The fraction of sp³-hybridized carbons (Fsp3) is 0.238. The summed E-state index contributed by atoms with van der Waals surface area (Å²) in [6.45, 7) is 5.32. The Balaban J connectivity index is 1.43. The average Bonchev–Trinajstić information content (AvgIpc) is 2.92. The van der Waals surface area contributed by atoms with Crippen molar-refractivity contribution in [1.29, 1.82) is 0 Å². The molecule has 0 radical (unpaired) electrons. The molecular weight excluding hydrogens is 378 g/mol. The van der Waals surface area contributed by atoms with E-state index in [-0.39, 0.29) is 5.91 Å². The van der Waals surface area contributed by atoms with E-state index in [0.29, 0.717) is 22.4 Å². The van der Waals surface area contributed by atoms with Crippen molar-refractivity contribution >= 4 is 40.3 Å². The molecule has 4 nitrogen and oxygen atoms in total. The molecule has 1 heterocycles. The van der Waals surface area contributed by atoms with Gasteiger partial charge in [0.25, 0.3) is 5.91 Å². The van der Waals surface area contributed by atoms with Crippen LogP contribution in [0.15, 0.2) is 47.4 Å². The van der Waals surface area contributed by atoms with Gasteiger partial charge < -0.3 is 14.8 Å². The Labute approximate surface area is 168 Å². The highest BCUT2D eigenvalue weighted by atomic mass is 32.2. The number of hydrogen-bond acceptors (Lipinski definition) is 5. The third kappa shape index (κ3) is 5.84. The van der Waals surface area contributed by atoms with Crippen molar-refractivity contribution < 1.29 is 14.3 Å². The second kappa shape index (κ2) is 9.06. The van der Waals surface area contributed by atoms with E-state index in [0.717, 1.165) is 23.5 Å². The third-order valence-corrected chi connectivity index (χ3v) is 5.00. The first-order valence-corrected chi connectivity index (χ1v) is 9.91. The second-order valence-electron chi connectivity index (χ2n) is 6.30. The van der Waals surface area contributed by atoms with Crippen LogP contribution in [-0.4, -0.2) is 23.4 Å². The third-order valence-electron chi connectivity index (χ3n) is 3.84. The van der Waals surface area contributed by atoms with Gasteiger partial charge in [0.15, 0.2) is 0 Å². The number of nitrogens with one attached hydrogen (secondary N) is 1. The van der Waals surface area contributed by atoms with Gasteiger partial charge in [0.2, 0.25) is 0 Å². The van der Waals surface area contributed by atoms with Crippen LogP contribution in [0, 0.1) is 13.8 Å². The molecule has 0 saturated carbocycles. The van der Waals surface area contributed by atoms with Crippen LogP contribution in [0.4, 0.5) is 0 Å². The summed E-state index contributed by atoms with van der Waals surface area (Å²) in [4.78, 5) is 12.3. The van der Waals surface area contributed by atoms with Crippen LogP contribution < -0.4 is 14.8 Å². The van der Waals surface area contributed by atoms with Crippen LogP contribution in [-0.2, 0) is 4.79 Å². The highest BCUT2D eigenvalue weighted by molar-refractivity contribution is 8.26. The molecule has 0 spiro atoms. The van der Waals surface area contributed by atoms with E-state index in [1.54, 1.807) is 0 Å². The standard InChI is InChI=1S/C21H21NO3S2/c1-14-10-15(2)12-18(11-14)25-9-3-8-24-17-6-4-16(5-7-17)13-19-20(23)22-21(26)27-19/h4-7,10-13H,3,8-9H2,1-2H3,(H,22,23,26)/b19-13-. The molecule has 27 heavy (non-hydrogen) atoms. The van der Waals surface area contributed by atoms with Crippen LogP contribution in [0.3, 0.4) is 0 Å². The summed E-state index contributed by atoms with van der Waals surface area (Å²) in [5, 5.41) is 2.61. The van der Waals surface area contributed by atoms with Crippen LogP contribution in [0.25, 0.3) is 6.08 Å². The Kier molecular flexibility index (Phi) is 6.53. The number of hydrogen-bond donors (Lipinski definition) is 1. The minimum absolute atomic E-state index is 0.144. The first-order chi connectivity index (χ1) is 13.0. The number of amides is 1. The predicted octanol–water partition coefficient (Wildman–Crippen LogP) is 4.64.